The number of anilines is 2. The van der Waals surface area contributed by atoms with Gasteiger partial charge in [-0.25, -0.2) is 9.78 Å². The van der Waals surface area contributed by atoms with Crippen LogP contribution in [0.2, 0.25) is 0 Å². The minimum atomic E-state index is -1.22. The van der Waals surface area contributed by atoms with Crippen molar-refractivity contribution in [3.05, 3.63) is 82.0 Å². The number of carboxylic acids is 1. The number of hydrogen-bond acceptors (Lipinski definition) is 10. The Kier molecular flexibility index (Phi) is 7.97. The maximum atomic E-state index is 12.0. The fourth-order valence-corrected chi connectivity index (χ4v) is 5.96. The van der Waals surface area contributed by atoms with E-state index in [4.69, 9.17) is 21.3 Å². The summed E-state index contributed by atoms with van der Waals surface area (Å²) in [5, 5.41) is 9.39. The summed E-state index contributed by atoms with van der Waals surface area (Å²) < 4.78 is 5.37. The molecular formula is C25H26ClN5O6S. The van der Waals surface area contributed by atoms with Gasteiger partial charge in [-0.15, -0.1) is 23.7 Å². The SMILES string of the molecule is Cl.NCc1ccc2c(c1)CN(c1c(N)c(=O)c1=O)CC2.O=C(O)c1nc2sc3c(c2c(=O)[nH]1)CCOCC3. The Bertz CT molecular complexity index is 1650. The lowest BCUT2D eigenvalue weighted by molar-refractivity contribution is 0.0683. The molecule has 38 heavy (non-hydrogen) atoms. The fourth-order valence-electron chi connectivity index (χ4n) is 4.76. The van der Waals surface area contributed by atoms with Gasteiger partial charge in [-0.05, 0) is 35.1 Å². The molecule has 13 heteroatoms. The molecule has 0 unspecified atom stereocenters. The first-order chi connectivity index (χ1) is 17.8. The van der Waals surface area contributed by atoms with Crippen molar-refractivity contribution in [2.75, 3.05) is 30.4 Å². The zero-order valence-corrected chi connectivity index (χ0v) is 21.9. The number of rotatable bonds is 3. The van der Waals surface area contributed by atoms with Crippen LogP contribution in [0.25, 0.3) is 10.2 Å². The van der Waals surface area contributed by atoms with E-state index in [-0.39, 0.29) is 29.5 Å². The molecule has 0 amide bonds. The number of nitrogens with two attached hydrogens (primary N) is 2. The largest absolute Gasteiger partial charge is 0.475 e. The van der Waals surface area contributed by atoms with Crippen LogP contribution in [0.1, 0.15) is 37.7 Å². The Morgan fingerprint density at radius 2 is 1.89 bits per heavy atom. The maximum Gasteiger partial charge on any atom is 0.372 e. The van der Waals surface area contributed by atoms with Gasteiger partial charge in [0.2, 0.25) is 5.82 Å². The zero-order valence-electron chi connectivity index (χ0n) is 20.2. The molecule has 0 saturated carbocycles. The third-order valence-electron chi connectivity index (χ3n) is 6.67. The van der Waals surface area contributed by atoms with Crippen molar-refractivity contribution in [1.82, 2.24) is 9.97 Å². The first-order valence-electron chi connectivity index (χ1n) is 11.8. The number of nitrogens with one attached hydrogen (secondary N) is 1. The van der Waals surface area contributed by atoms with Gasteiger partial charge in [0.25, 0.3) is 16.4 Å². The van der Waals surface area contributed by atoms with Crippen LogP contribution < -0.4 is 32.8 Å². The molecule has 11 nitrogen and oxygen atoms in total. The maximum absolute atomic E-state index is 12.0. The van der Waals surface area contributed by atoms with Crippen molar-refractivity contribution in [3.8, 4) is 0 Å². The lowest BCUT2D eigenvalue weighted by Crippen LogP contribution is -2.44. The van der Waals surface area contributed by atoms with Gasteiger partial charge in [0, 0.05) is 30.9 Å². The van der Waals surface area contributed by atoms with Crippen LogP contribution >= 0.6 is 23.7 Å². The van der Waals surface area contributed by atoms with Gasteiger partial charge in [-0.3, -0.25) is 14.4 Å². The Labute approximate surface area is 226 Å². The van der Waals surface area contributed by atoms with Crippen LogP contribution in [0.15, 0.2) is 32.6 Å². The number of aromatic nitrogens is 2. The summed E-state index contributed by atoms with van der Waals surface area (Å²) in [5.74, 6) is -1.53. The smallest absolute Gasteiger partial charge is 0.372 e. The molecule has 0 fully saturated rings. The van der Waals surface area contributed by atoms with Crippen molar-refractivity contribution >= 4 is 51.3 Å². The quantitative estimate of drug-likeness (QED) is 0.265. The van der Waals surface area contributed by atoms with Crippen molar-refractivity contribution in [2.45, 2.75) is 32.4 Å². The van der Waals surface area contributed by atoms with Crippen molar-refractivity contribution in [2.24, 2.45) is 5.73 Å². The number of thiophene rings is 1. The summed E-state index contributed by atoms with van der Waals surface area (Å²) in [5.41, 5.74) is 14.8. The van der Waals surface area contributed by atoms with E-state index in [1.807, 2.05) is 11.0 Å². The highest BCUT2D eigenvalue weighted by atomic mass is 35.5. The van der Waals surface area contributed by atoms with Crippen LogP contribution in [-0.4, -0.2) is 40.8 Å². The van der Waals surface area contributed by atoms with Crippen LogP contribution in [0, 0.1) is 0 Å². The van der Waals surface area contributed by atoms with Crippen LogP contribution in [0.4, 0.5) is 11.4 Å². The molecule has 0 aliphatic carbocycles. The van der Waals surface area contributed by atoms with E-state index < -0.39 is 16.8 Å². The molecule has 4 aromatic rings. The lowest BCUT2D eigenvalue weighted by atomic mass is 9.96. The van der Waals surface area contributed by atoms with E-state index in [9.17, 15) is 19.2 Å². The number of halogens is 1. The fraction of sp³-hybridized carbons (Fsp3) is 0.320. The minimum absolute atomic E-state index is 0. The van der Waals surface area contributed by atoms with Gasteiger partial charge in [0.05, 0.1) is 18.6 Å². The molecule has 6 N–H and O–H groups in total. The molecule has 2 aliphatic heterocycles. The first kappa shape index (κ1) is 27.5. The Hall–Kier alpha value is -3.58. The van der Waals surface area contributed by atoms with Crippen molar-refractivity contribution in [1.29, 1.82) is 0 Å². The summed E-state index contributed by atoms with van der Waals surface area (Å²) in [7, 11) is 0. The second-order valence-electron chi connectivity index (χ2n) is 8.92. The molecule has 2 aromatic carbocycles. The predicted molar refractivity (Wildman–Crippen MR) is 148 cm³/mol. The lowest BCUT2D eigenvalue weighted by Gasteiger charge is -2.31. The highest BCUT2D eigenvalue weighted by molar-refractivity contribution is 7.18. The number of nitrogen functional groups attached to an aromatic ring is 1. The normalized spacial score (nSPS) is 14.6. The van der Waals surface area contributed by atoms with E-state index in [0.29, 0.717) is 55.2 Å². The summed E-state index contributed by atoms with van der Waals surface area (Å²) in [6, 6.07) is 6.17. The molecular weight excluding hydrogens is 534 g/mol. The highest BCUT2D eigenvalue weighted by Crippen LogP contribution is 2.30. The molecule has 0 radical (unpaired) electrons. The number of aromatic carboxylic acids is 1. The summed E-state index contributed by atoms with van der Waals surface area (Å²) in [4.78, 5) is 55.3. The molecule has 4 heterocycles. The van der Waals surface area contributed by atoms with Gasteiger partial charge < -0.3 is 31.2 Å². The number of carbonyl (C=O) groups is 1. The second-order valence-corrected chi connectivity index (χ2v) is 10.00. The Morgan fingerprint density at radius 3 is 2.61 bits per heavy atom. The van der Waals surface area contributed by atoms with Crippen LogP contribution in [0.5, 0.6) is 0 Å². The minimum Gasteiger partial charge on any atom is -0.475 e. The van der Waals surface area contributed by atoms with E-state index in [0.717, 1.165) is 34.4 Å². The summed E-state index contributed by atoms with van der Waals surface area (Å²) in [6.07, 6.45) is 2.27. The van der Waals surface area contributed by atoms with Crippen LogP contribution in [0.3, 0.4) is 0 Å². The molecule has 2 aliphatic rings. The van der Waals surface area contributed by atoms with Gasteiger partial charge in [0.1, 0.15) is 16.2 Å². The number of ether oxygens (including phenoxy) is 1. The standard InChI is InChI=1S/C14H15N3O2.C11H10N2O4S.ClH/c15-6-8-1-2-9-3-4-17(7-10(9)5-8)12-11(16)13(18)14(12)19;14-9-7-5-1-3-17-4-2-6(5)18-10(7)13-8(12-9)11(15)16;/h1-2,5H,3-4,6-7,15-16H2;1-4H2,(H,15,16)(H,12,13,14);1H. The molecule has 0 saturated heterocycles. The second kappa shape index (κ2) is 11.0. The molecule has 0 atom stereocenters. The summed E-state index contributed by atoms with van der Waals surface area (Å²) in [6.45, 7) is 3.03. The average molecular weight is 560 g/mol. The van der Waals surface area contributed by atoms with E-state index in [2.05, 4.69) is 22.1 Å². The van der Waals surface area contributed by atoms with E-state index >= 15 is 0 Å². The predicted octanol–water partition coefficient (Wildman–Crippen LogP) is 1.11. The molecule has 200 valence electrons. The number of aromatic amines is 1. The number of hydrogen-bond donors (Lipinski definition) is 4. The Balaban J connectivity index is 0.000000173. The number of nitrogens with zero attached hydrogens (tertiary/aromatic N) is 2. The van der Waals surface area contributed by atoms with Gasteiger partial charge in [-0.2, -0.15) is 0 Å². The van der Waals surface area contributed by atoms with Crippen LogP contribution in [-0.2, 0) is 37.1 Å². The number of benzene rings is 1. The third kappa shape index (κ3) is 4.95. The molecule has 0 spiro atoms. The van der Waals surface area contributed by atoms with E-state index in [1.165, 1.54) is 16.9 Å². The van der Waals surface area contributed by atoms with Crippen molar-refractivity contribution in [3.63, 3.8) is 0 Å². The number of H-pyrrole nitrogens is 1. The molecule has 2 aromatic heterocycles. The van der Waals surface area contributed by atoms with Gasteiger partial charge in [-0.1, -0.05) is 18.2 Å². The third-order valence-corrected chi connectivity index (χ3v) is 7.86. The zero-order chi connectivity index (χ0) is 26.3. The number of fused-ring (bicyclic) bond motifs is 4. The summed E-state index contributed by atoms with van der Waals surface area (Å²) >= 11 is 1.38. The first-order valence-corrected chi connectivity index (χ1v) is 12.6. The van der Waals surface area contributed by atoms with Gasteiger partial charge >= 0.3 is 5.97 Å². The van der Waals surface area contributed by atoms with Gasteiger partial charge in [0.15, 0.2) is 0 Å². The highest BCUT2D eigenvalue weighted by Gasteiger charge is 2.26. The van der Waals surface area contributed by atoms with E-state index in [1.54, 1.807) is 0 Å². The van der Waals surface area contributed by atoms with Crippen molar-refractivity contribution < 1.29 is 14.6 Å². The monoisotopic (exact) mass is 559 g/mol. The molecule has 6 rings (SSSR count). The molecule has 0 bridgehead atoms. The topological polar surface area (TPSA) is 182 Å². The average Bonchev–Trinajstić information content (AvgIpc) is 3.10. The Morgan fingerprint density at radius 1 is 1.13 bits per heavy atom. The number of carboxylic acid groups (broad SMARTS) is 1.